The van der Waals surface area contributed by atoms with Gasteiger partial charge in [-0.15, -0.1) is 0 Å². The van der Waals surface area contributed by atoms with E-state index in [2.05, 4.69) is 28.5 Å². The molecular formula is C15H22N2O. The minimum atomic E-state index is 0.160. The zero-order valence-corrected chi connectivity index (χ0v) is 11.2. The highest BCUT2D eigenvalue weighted by molar-refractivity contribution is 5.25. The molecule has 3 nitrogen and oxygen atoms in total. The van der Waals surface area contributed by atoms with Crippen LogP contribution in [-0.2, 0) is 6.54 Å². The summed E-state index contributed by atoms with van der Waals surface area (Å²) in [5, 5.41) is 3.54. The summed E-state index contributed by atoms with van der Waals surface area (Å²) in [5.74, 6) is 0.750. The first kappa shape index (κ1) is 13.1. The van der Waals surface area contributed by atoms with Gasteiger partial charge in [-0.2, -0.15) is 0 Å². The summed E-state index contributed by atoms with van der Waals surface area (Å²) in [6.45, 7) is 4.86. The Morgan fingerprint density at radius 3 is 3.11 bits per heavy atom. The molecule has 1 aromatic rings. The van der Waals surface area contributed by atoms with Crippen molar-refractivity contribution in [2.75, 3.05) is 0 Å². The summed E-state index contributed by atoms with van der Waals surface area (Å²) in [6, 6.07) is 4.52. The van der Waals surface area contributed by atoms with E-state index in [1.807, 2.05) is 19.9 Å². The van der Waals surface area contributed by atoms with Gasteiger partial charge >= 0.3 is 0 Å². The van der Waals surface area contributed by atoms with E-state index in [4.69, 9.17) is 4.74 Å². The Balaban J connectivity index is 1.95. The maximum atomic E-state index is 5.72. The summed E-state index contributed by atoms with van der Waals surface area (Å²) in [7, 11) is 0. The van der Waals surface area contributed by atoms with Gasteiger partial charge in [-0.1, -0.05) is 18.2 Å². The first-order chi connectivity index (χ1) is 8.75. The predicted molar refractivity (Wildman–Crippen MR) is 73.6 cm³/mol. The van der Waals surface area contributed by atoms with Crippen LogP contribution in [-0.4, -0.2) is 17.1 Å². The zero-order chi connectivity index (χ0) is 12.8. The van der Waals surface area contributed by atoms with Crippen LogP contribution >= 0.6 is 0 Å². The summed E-state index contributed by atoms with van der Waals surface area (Å²) in [5.41, 5.74) is 1.13. The molecule has 3 heteroatoms. The minimum Gasteiger partial charge on any atom is -0.475 e. The Bertz CT molecular complexity index is 401. The van der Waals surface area contributed by atoms with Gasteiger partial charge in [-0.3, -0.25) is 0 Å². The highest BCUT2D eigenvalue weighted by Gasteiger charge is 2.10. The largest absolute Gasteiger partial charge is 0.475 e. The Morgan fingerprint density at radius 2 is 2.39 bits per heavy atom. The third-order valence-electron chi connectivity index (χ3n) is 3.01. The van der Waals surface area contributed by atoms with Crippen LogP contribution in [0.25, 0.3) is 0 Å². The number of aromatic nitrogens is 1. The molecule has 0 amide bonds. The molecule has 0 aliphatic heterocycles. The molecule has 0 saturated heterocycles. The van der Waals surface area contributed by atoms with E-state index in [1.165, 1.54) is 19.3 Å². The smallest absolute Gasteiger partial charge is 0.218 e. The molecule has 1 aromatic heterocycles. The van der Waals surface area contributed by atoms with Crippen LogP contribution in [0.15, 0.2) is 30.5 Å². The van der Waals surface area contributed by atoms with Crippen LogP contribution in [0.2, 0.25) is 0 Å². The maximum absolute atomic E-state index is 5.72. The fraction of sp³-hybridized carbons (Fsp3) is 0.533. The second-order valence-electron chi connectivity index (χ2n) is 4.98. The SMILES string of the molecule is CC(C)Oc1ncccc1CNC1C=CCCC1. The molecule has 1 aliphatic rings. The van der Waals surface area contributed by atoms with Gasteiger partial charge in [0.25, 0.3) is 0 Å². The van der Waals surface area contributed by atoms with Crippen molar-refractivity contribution in [1.82, 2.24) is 10.3 Å². The normalized spacial score (nSPS) is 19.2. The first-order valence-electron chi connectivity index (χ1n) is 6.76. The predicted octanol–water partition coefficient (Wildman–Crippen LogP) is 3.07. The Hall–Kier alpha value is -1.35. The van der Waals surface area contributed by atoms with E-state index in [0.29, 0.717) is 6.04 Å². The van der Waals surface area contributed by atoms with E-state index in [-0.39, 0.29) is 6.10 Å². The van der Waals surface area contributed by atoms with Gasteiger partial charge < -0.3 is 10.1 Å². The van der Waals surface area contributed by atoms with Crippen molar-refractivity contribution in [2.24, 2.45) is 0 Å². The topological polar surface area (TPSA) is 34.1 Å². The molecule has 0 spiro atoms. The third-order valence-corrected chi connectivity index (χ3v) is 3.01. The number of ether oxygens (including phenoxy) is 1. The monoisotopic (exact) mass is 246 g/mol. The lowest BCUT2D eigenvalue weighted by atomic mass is 10.0. The molecule has 1 N–H and O–H groups in total. The first-order valence-corrected chi connectivity index (χ1v) is 6.76. The lowest BCUT2D eigenvalue weighted by Crippen LogP contribution is -2.28. The van der Waals surface area contributed by atoms with Gasteiger partial charge in [0, 0.05) is 24.3 Å². The van der Waals surface area contributed by atoms with Gasteiger partial charge in [0.2, 0.25) is 5.88 Å². The summed E-state index contributed by atoms with van der Waals surface area (Å²) < 4.78 is 5.72. The summed E-state index contributed by atoms with van der Waals surface area (Å²) in [4.78, 5) is 4.30. The molecule has 1 aliphatic carbocycles. The average Bonchev–Trinajstić information content (AvgIpc) is 2.38. The number of pyridine rings is 1. The highest BCUT2D eigenvalue weighted by atomic mass is 16.5. The van der Waals surface area contributed by atoms with E-state index in [0.717, 1.165) is 18.0 Å². The van der Waals surface area contributed by atoms with E-state index < -0.39 is 0 Å². The lowest BCUT2D eigenvalue weighted by Gasteiger charge is -2.19. The van der Waals surface area contributed by atoms with E-state index >= 15 is 0 Å². The average molecular weight is 246 g/mol. The number of allylic oxidation sites excluding steroid dienone is 1. The molecule has 2 rings (SSSR count). The fourth-order valence-electron chi connectivity index (χ4n) is 2.11. The quantitative estimate of drug-likeness (QED) is 0.811. The van der Waals surface area contributed by atoms with Crippen molar-refractivity contribution in [3.63, 3.8) is 0 Å². The van der Waals surface area contributed by atoms with Gasteiger partial charge in [0.15, 0.2) is 0 Å². The molecule has 0 aromatic carbocycles. The standard InChI is InChI=1S/C15H22N2O/c1-12(2)18-15-13(7-6-10-16-15)11-17-14-8-4-3-5-9-14/h4,6-8,10,12,14,17H,3,5,9,11H2,1-2H3. The second-order valence-corrected chi connectivity index (χ2v) is 4.98. The number of hydrogen-bond acceptors (Lipinski definition) is 3. The molecule has 0 fully saturated rings. The Labute approximate surface area is 109 Å². The van der Waals surface area contributed by atoms with Crippen LogP contribution in [0, 0.1) is 0 Å². The molecule has 0 bridgehead atoms. The Kier molecular flexibility index (Phi) is 4.76. The molecular weight excluding hydrogens is 224 g/mol. The lowest BCUT2D eigenvalue weighted by molar-refractivity contribution is 0.229. The molecule has 18 heavy (non-hydrogen) atoms. The second kappa shape index (κ2) is 6.55. The van der Waals surface area contributed by atoms with Crippen LogP contribution < -0.4 is 10.1 Å². The van der Waals surface area contributed by atoms with Gasteiger partial charge in [-0.25, -0.2) is 4.98 Å². The van der Waals surface area contributed by atoms with Crippen molar-refractivity contribution >= 4 is 0 Å². The number of rotatable bonds is 5. The molecule has 0 saturated carbocycles. The molecule has 0 radical (unpaired) electrons. The van der Waals surface area contributed by atoms with Gasteiger partial charge in [0.05, 0.1) is 6.10 Å². The maximum Gasteiger partial charge on any atom is 0.218 e. The summed E-state index contributed by atoms with van der Waals surface area (Å²) >= 11 is 0. The van der Waals surface area contributed by atoms with Crippen molar-refractivity contribution in [3.8, 4) is 5.88 Å². The van der Waals surface area contributed by atoms with Crippen molar-refractivity contribution in [2.45, 2.75) is 51.8 Å². The summed E-state index contributed by atoms with van der Waals surface area (Å²) in [6.07, 6.45) is 10.2. The third kappa shape index (κ3) is 3.84. The molecule has 1 heterocycles. The minimum absolute atomic E-state index is 0.160. The van der Waals surface area contributed by atoms with E-state index in [1.54, 1.807) is 6.20 Å². The molecule has 1 unspecified atom stereocenters. The van der Waals surface area contributed by atoms with Gasteiger partial charge in [-0.05, 0) is 39.2 Å². The molecule has 98 valence electrons. The van der Waals surface area contributed by atoms with Crippen molar-refractivity contribution in [3.05, 3.63) is 36.0 Å². The zero-order valence-electron chi connectivity index (χ0n) is 11.2. The van der Waals surface area contributed by atoms with Crippen LogP contribution in [0.4, 0.5) is 0 Å². The number of hydrogen-bond donors (Lipinski definition) is 1. The van der Waals surface area contributed by atoms with Gasteiger partial charge in [0.1, 0.15) is 0 Å². The van der Waals surface area contributed by atoms with Crippen LogP contribution in [0.5, 0.6) is 5.88 Å². The number of nitrogens with one attached hydrogen (secondary N) is 1. The fourth-order valence-corrected chi connectivity index (χ4v) is 2.11. The Morgan fingerprint density at radius 1 is 1.50 bits per heavy atom. The van der Waals surface area contributed by atoms with Crippen LogP contribution in [0.1, 0.15) is 38.7 Å². The van der Waals surface area contributed by atoms with Crippen LogP contribution in [0.3, 0.4) is 0 Å². The number of nitrogens with zero attached hydrogens (tertiary/aromatic N) is 1. The van der Waals surface area contributed by atoms with E-state index in [9.17, 15) is 0 Å². The highest BCUT2D eigenvalue weighted by Crippen LogP contribution is 2.17. The van der Waals surface area contributed by atoms with Crippen molar-refractivity contribution in [1.29, 1.82) is 0 Å². The molecule has 1 atom stereocenters. The van der Waals surface area contributed by atoms with Crippen molar-refractivity contribution < 1.29 is 4.74 Å².